The van der Waals surface area contributed by atoms with E-state index in [2.05, 4.69) is 17.4 Å². The van der Waals surface area contributed by atoms with Crippen LogP contribution < -0.4 is 14.8 Å². The lowest BCUT2D eigenvalue weighted by atomic mass is 9.90. The lowest BCUT2D eigenvalue weighted by Crippen LogP contribution is -2.44. The molecule has 6 heteroatoms. The molecule has 1 saturated heterocycles. The summed E-state index contributed by atoms with van der Waals surface area (Å²) in [5.41, 5.74) is 1.85. The molecule has 1 N–H and O–H groups in total. The molecule has 2 aromatic rings. The van der Waals surface area contributed by atoms with Gasteiger partial charge in [0, 0.05) is 18.7 Å². The number of hydrogen-bond acceptors (Lipinski definition) is 4. The van der Waals surface area contributed by atoms with Crippen molar-refractivity contribution in [3.05, 3.63) is 59.7 Å². The number of rotatable bonds is 10. The molecule has 1 heterocycles. The van der Waals surface area contributed by atoms with Crippen LogP contribution in [0.3, 0.4) is 0 Å². The van der Waals surface area contributed by atoms with Gasteiger partial charge in [-0.15, -0.1) is 0 Å². The van der Waals surface area contributed by atoms with Crippen LogP contribution in [0.25, 0.3) is 0 Å². The SMILES string of the molecule is CCOc1ccc(CCC2CCN(C(=O)CNC(=O)c3ccc(OCC)cc3)CC2)cc1. The third-order valence-corrected chi connectivity index (χ3v) is 5.87. The minimum Gasteiger partial charge on any atom is -0.494 e. The summed E-state index contributed by atoms with van der Waals surface area (Å²) in [6.07, 6.45) is 4.19. The van der Waals surface area contributed by atoms with Gasteiger partial charge >= 0.3 is 0 Å². The fourth-order valence-electron chi connectivity index (χ4n) is 4.00. The third kappa shape index (κ3) is 7.01. The van der Waals surface area contributed by atoms with Crippen LogP contribution in [0.4, 0.5) is 0 Å². The van der Waals surface area contributed by atoms with Gasteiger partial charge in [-0.1, -0.05) is 12.1 Å². The normalized spacial score (nSPS) is 14.1. The predicted octanol–water partition coefficient (Wildman–Crippen LogP) is 4.09. The number of aryl methyl sites for hydroxylation is 1. The number of nitrogens with one attached hydrogen (secondary N) is 1. The van der Waals surface area contributed by atoms with Crippen LogP contribution in [-0.4, -0.2) is 49.6 Å². The van der Waals surface area contributed by atoms with Crippen molar-refractivity contribution in [1.82, 2.24) is 10.2 Å². The number of benzene rings is 2. The number of amides is 2. The van der Waals surface area contributed by atoms with Crippen molar-refractivity contribution in [1.29, 1.82) is 0 Å². The average molecular weight is 439 g/mol. The lowest BCUT2D eigenvalue weighted by molar-refractivity contribution is -0.131. The summed E-state index contributed by atoms with van der Waals surface area (Å²) in [7, 11) is 0. The second kappa shape index (κ2) is 12.1. The van der Waals surface area contributed by atoms with Crippen molar-refractivity contribution in [2.45, 2.75) is 39.5 Å². The van der Waals surface area contributed by atoms with Crippen LogP contribution in [-0.2, 0) is 11.2 Å². The molecule has 3 rings (SSSR count). The molecule has 0 atom stereocenters. The zero-order chi connectivity index (χ0) is 22.8. The summed E-state index contributed by atoms with van der Waals surface area (Å²) in [6.45, 7) is 6.71. The summed E-state index contributed by atoms with van der Waals surface area (Å²) < 4.78 is 10.9. The average Bonchev–Trinajstić information content (AvgIpc) is 2.83. The van der Waals surface area contributed by atoms with Gasteiger partial charge in [0.25, 0.3) is 5.91 Å². The molecular weight excluding hydrogens is 404 g/mol. The van der Waals surface area contributed by atoms with Gasteiger partial charge in [0.15, 0.2) is 0 Å². The number of carbonyl (C=O) groups is 2. The minimum absolute atomic E-state index is 0.0192. The fraction of sp³-hybridized carbons (Fsp3) is 0.462. The number of nitrogens with zero attached hydrogens (tertiary/aromatic N) is 1. The highest BCUT2D eigenvalue weighted by Gasteiger charge is 2.23. The Balaban J connectivity index is 1.36. The molecule has 0 radical (unpaired) electrons. The van der Waals surface area contributed by atoms with Crippen LogP contribution in [0.5, 0.6) is 11.5 Å². The molecular formula is C26H34N2O4. The first-order valence-electron chi connectivity index (χ1n) is 11.6. The largest absolute Gasteiger partial charge is 0.494 e. The summed E-state index contributed by atoms with van der Waals surface area (Å²) in [5.74, 6) is 2.01. The first-order chi connectivity index (χ1) is 15.6. The molecule has 2 aromatic carbocycles. The highest BCUT2D eigenvalue weighted by atomic mass is 16.5. The van der Waals surface area contributed by atoms with Crippen molar-refractivity contribution in [3.8, 4) is 11.5 Å². The molecule has 0 aromatic heterocycles. The monoisotopic (exact) mass is 438 g/mol. The molecule has 172 valence electrons. The summed E-state index contributed by atoms with van der Waals surface area (Å²) in [6, 6.07) is 15.3. The van der Waals surface area contributed by atoms with Crippen LogP contribution in [0, 0.1) is 5.92 Å². The Morgan fingerprint density at radius 3 is 2.03 bits per heavy atom. The van der Waals surface area contributed by atoms with Gasteiger partial charge in [-0.2, -0.15) is 0 Å². The highest BCUT2D eigenvalue weighted by Crippen LogP contribution is 2.23. The first kappa shape index (κ1) is 23.6. The zero-order valence-corrected chi connectivity index (χ0v) is 19.1. The van der Waals surface area contributed by atoms with Gasteiger partial charge in [-0.05, 0) is 87.4 Å². The first-order valence-corrected chi connectivity index (χ1v) is 11.6. The quantitative estimate of drug-likeness (QED) is 0.607. The molecule has 32 heavy (non-hydrogen) atoms. The van der Waals surface area contributed by atoms with Crippen LogP contribution >= 0.6 is 0 Å². The van der Waals surface area contributed by atoms with E-state index < -0.39 is 0 Å². The molecule has 1 aliphatic rings. The standard InChI is InChI=1S/C26H34N2O4/c1-3-31-23-11-7-20(8-12-23)5-6-21-15-17-28(18-16-21)25(29)19-27-26(30)22-9-13-24(14-10-22)32-4-2/h7-14,21H,3-6,15-19H2,1-2H3,(H,27,30). The van der Waals surface area contributed by atoms with Gasteiger partial charge < -0.3 is 19.7 Å². The summed E-state index contributed by atoms with van der Waals surface area (Å²) in [4.78, 5) is 26.7. The van der Waals surface area contributed by atoms with E-state index in [-0.39, 0.29) is 18.4 Å². The molecule has 0 saturated carbocycles. The predicted molar refractivity (Wildman–Crippen MR) is 125 cm³/mol. The minimum atomic E-state index is -0.244. The molecule has 0 aliphatic carbocycles. The maximum atomic E-state index is 12.5. The Morgan fingerprint density at radius 1 is 0.906 bits per heavy atom. The van der Waals surface area contributed by atoms with Crippen molar-refractivity contribution in [2.75, 3.05) is 32.8 Å². The molecule has 1 fully saturated rings. The van der Waals surface area contributed by atoms with E-state index in [1.54, 1.807) is 24.3 Å². The van der Waals surface area contributed by atoms with E-state index in [9.17, 15) is 9.59 Å². The number of hydrogen-bond donors (Lipinski definition) is 1. The maximum absolute atomic E-state index is 12.5. The Labute approximate surface area is 190 Å². The van der Waals surface area contributed by atoms with Crippen molar-refractivity contribution < 1.29 is 19.1 Å². The molecule has 0 spiro atoms. The Kier molecular flexibility index (Phi) is 8.96. The Hall–Kier alpha value is -3.02. The van der Waals surface area contributed by atoms with Crippen LogP contribution in [0.2, 0.25) is 0 Å². The van der Waals surface area contributed by atoms with Gasteiger partial charge in [0.05, 0.1) is 19.8 Å². The summed E-state index contributed by atoms with van der Waals surface area (Å²) in [5, 5.41) is 2.74. The molecule has 0 bridgehead atoms. The molecule has 2 amide bonds. The van der Waals surface area contributed by atoms with E-state index in [1.165, 1.54) is 5.56 Å². The highest BCUT2D eigenvalue weighted by molar-refractivity contribution is 5.96. The smallest absolute Gasteiger partial charge is 0.251 e. The van der Waals surface area contributed by atoms with Crippen LogP contribution in [0.1, 0.15) is 49.0 Å². The van der Waals surface area contributed by atoms with E-state index >= 15 is 0 Å². The van der Waals surface area contributed by atoms with Gasteiger partial charge in [0.2, 0.25) is 5.91 Å². The van der Waals surface area contributed by atoms with Crippen molar-refractivity contribution in [2.24, 2.45) is 5.92 Å². The van der Waals surface area contributed by atoms with Gasteiger partial charge in [0.1, 0.15) is 11.5 Å². The number of piperidine rings is 1. The second-order valence-electron chi connectivity index (χ2n) is 8.08. The zero-order valence-electron chi connectivity index (χ0n) is 19.1. The number of likely N-dealkylation sites (tertiary alicyclic amines) is 1. The number of ether oxygens (including phenoxy) is 2. The Bertz CT molecular complexity index is 856. The molecule has 0 unspecified atom stereocenters. The summed E-state index contributed by atoms with van der Waals surface area (Å²) >= 11 is 0. The topological polar surface area (TPSA) is 67.9 Å². The van der Waals surface area contributed by atoms with Crippen molar-refractivity contribution >= 4 is 11.8 Å². The Morgan fingerprint density at radius 2 is 1.47 bits per heavy atom. The van der Waals surface area contributed by atoms with Gasteiger partial charge in [-0.3, -0.25) is 9.59 Å². The maximum Gasteiger partial charge on any atom is 0.251 e. The third-order valence-electron chi connectivity index (χ3n) is 5.87. The molecule has 1 aliphatic heterocycles. The number of carbonyl (C=O) groups excluding carboxylic acids is 2. The van der Waals surface area contributed by atoms with E-state index in [4.69, 9.17) is 9.47 Å². The van der Waals surface area contributed by atoms with E-state index in [0.29, 0.717) is 24.7 Å². The van der Waals surface area contributed by atoms with E-state index in [0.717, 1.165) is 50.3 Å². The molecule has 6 nitrogen and oxygen atoms in total. The van der Waals surface area contributed by atoms with Gasteiger partial charge in [-0.25, -0.2) is 0 Å². The fourth-order valence-corrected chi connectivity index (χ4v) is 4.00. The van der Waals surface area contributed by atoms with E-state index in [1.807, 2.05) is 30.9 Å². The lowest BCUT2D eigenvalue weighted by Gasteiger charge is -2.32. The van der Waals surface area contributed by atoms with Crippen molar-refractivity contribution in [3.63, 3.8) is 0 Å². The second-order valence-corrected chi connectivity index (χ2v) is 8.08. The van der Waals surface area contributed by atoms with Crippen LogP contribution in [0.15, 0.2) is 48.5 Å².